The number of phenols is 1. The van der Waals surface area contributed by atoms with Crippen LogP contribution in [0.2, 0.25) is 10.0 Å². The summed E-state index contributed by atoms with van der Waals surface area (Å²) in [5, 5.41) is 10.7. The molecule has 0 aliphatic heterocycles. The van der Waals surface area contributed by atoms with E-state index >= 15 is 0 Å². The lowest BCUT2D eigenvalue weighted by Crippen LogP contribution is -1.96. The van der Waals surface area contributed by atoms with Gasteiger partial charge in [-0.1, -0.05) is 23.2 Å². The summed E-state index contributed by atoms with van der Waals surface area (Å²) in [5.41, 5.74) is 1.83. The summed E-state index contributed by atoms with van der Waals surface area (Å²) >= 11 is 11.9. The molecule has 0 saturated carbocycles. The quantitative estimate of drug-likeness (QED) is 0.824. The number of methoxy groups -OCH3 is 1. The lowest BCUT2D eigenvalue weighted by Gasteiger charge is -2.08. The van der Waals surface area contributed by atoms with Crippen LogP contribution in [0.3, 0.4) is 0 Å². The van der Waals surface area contributed by atoms with Crippen molar-refractivity contribution < 1.29 is 9.84 Å². The molecule has 20 heavy (non-hydrogen) atoms. The van der Waals surface area contributed by atoms with Gasteiger partial charge in [0.05, 0.1) is 29.1 Å². The number of nitrogens with zero attached hydrogens (tertiary/aromatic N) is 1. The van der Waals surface area contributed by atoms with Crippen LogP contribution in [0.4, 0.5) is 5.69 Å². The molecule has 3 nitrogen and oxygen atoms in total. The summed E-state index contributed by atoms with van der Waals surface area (Å²) in [7, 11) is 1.61. The van der Waals surface area contributed by atoms with Crippen molar-refractivity contribution in [3.63, 3.8) is 0 Å². The molecule has 0 aromatic heterocycles. The van der Waals surface area contributed by atoms with Crippen LogP contribution in [0.1, 0.15) is 12.5 Å². The van der Waals surface area contributed by atoms with Crippen LogP contribution in [0.5, 0.6) is 11.5 Å². The van der Waals surface area contributed by atoms with Gasteiger partial charge in [0.25, 0.3) is 0 Å². The summed E-state index contributed by atoms with van der Waals surface area (Å²) in [6, 6.07) is 10.3. The zero-order valence-corrected chi connectivity index (χ0v) is 12.5. The van der Waals surface area contributed by atoms with Crippen molar-refractivity contribution in [2.75, 3.05) is 7.11 Å². The molecule has 0 aliphatic carbocycles. The summed E-state index contributed by atoms with van der Waals surface area (Å²) in [4.78, 5) is 4.43. The maximum absolute atomic E-state index is 9.93. The molecule has 5 heteroatoms. The predicted molar refractivity (Wildman–Crippen MR) is 83.0 cm³/mol. The van der Waals surface area contributed by atoms with Crippen LogP contribution < -0.4 is 4.74 Å². The van der Waals surface area contributed by atoms with Crippen LogP contribution in [0.25, 0.3) is 0 Å². The zero-order chi connectivity index (χ0) is 14.7. The van der Waals surface area contributed by atoms with E-state index in [-0.39, 0.29) is 5.75 Å². The third-order valence-electron chi connectivity index (χ3n) is 2.77. The molecule has 0 bridgehead atoms. The second-order valence-corrected chi connectivity index (χ2v) is 5.02. The molecular formula is C15H13Cl2NO2. The van der Waals surface area contributed by atoms with Gasteiger partial charge in [0.15, 0.2) is 0 Å². The molecule has 0 fully saturated rings. The number of benzene rings is 2. The van der Waals surface area contributed by atoms with E-state index in [0.29, 0.717) is 21.3 Å². The Bertz CT molecular complexity index is 628. The normalized spacial score (nSPS) is 11.5. The van der Waals surface area contributed by atoms with Gasteiger partial charge in [0, 0.05) is 5.02 Å². The van der Waals surface area contributed by atoms with E-state index in [2.05, 4.69) is 4.99 Å². The molecule has 2 aromatic rings. The van der Waals surface area contributed by atoms with E-state index in [1.807, 2.05) is 24.3 Å². The molecule has 0 amide bonds. The SMILES string of the molecule is COc1ccc(N=C(C)c2c(O)cc(Cl)cc2Cl)cc1. The maximum atomic E-state index is 9.93. The van der Waals surface area contributed by atoms with Crippen LogP contribution in [-0.2, 0) is 0 Å². The zero-order valence-electron chi connectivity index (χ0n) is 11.0. The smallest absolute Gasteiger partial charge is 0.127 e. The molecule has 0 aliphatic rings. The maximum Gasteiger partial charge on any atom is 0.127 e. The van der Waals surface area contributed by atoms with Crippen molar-refractivity contribution in [1.82, 2.24) is 0 Å². The molecule has 0 saturated heterocycles. The molecule has 2 aromatic carbocycles. The monoisotopic (exact) mass is 309 g/mol. The molecule has 104 valence electrons. The fourth-order valence-corrected chi connectivity index (χ4v) is 2.44. The van der Waals surface area contributed by atoms with Crippen LogP contribution in [0, 0.1) is 0 Å². The van der Waals surface area contributed by atoms with Gasteiger partial charge >= 0.3 is 0 Å². The Morgan fingerprint density at radius 2 is 1.80 bits per heavy atom. The van der Waals surface area contributed by atoms with Gasteiger partial charge in [-0.05, 0) is 43.3 Å². The number of aliphatic imine (C=N–C) groups is 1. The first-order valence-electron chi connectivity index (χ1n) is 5.89. The fourth-order valence-electron chi connectivity index (χ4n) is 1.82. The second-order valence-electron chi connectivity index (χ2n) is 4.18. The van der Waals surface area contributed by atoms with Crippen molar-refractivity contribution in [3.05, 3.63) is 52.0 Å². The van der Waals surface area contributed by atoms with Gasteiger partial charge in [0.1, 0.15) is 11.5 Å². The number of rotatable bonds is 3. The second kappa shape index (κ2) is 6.16. The average molecular weight is 310 g/mol. The van der Waals surface area contributed by atoms with Crippen molar-refractivity contribution in [2.24, 2.45) is 4.99 Å². The first-order valence-corrected chi connectivity index (χ1v) is 6.64. The Hall–Kier alpha value is -1.71. The number of aromatic hydroxyl groups is 1. The first-order chi connectivity index (χ1) is 9.51. The molecule has 0 unspecified atom stereocenters. The highest BCUT2D eigenvalue weighted by molar-refractivity contribution is 6.37. The minimum Gasteiger partial charge on any atom is -0.507 e. The van der Waals surface area contributed by atoms with Crippen LogP contribution >= 0.6 is 23.2 Å². The van der Waals surface area contributed by atoms with Gasteiger partial charge in [-0.25, -0.2) is 0 Å². The van der Waals surface area contributed by atoms with Gasteiger partial charge in [-0.15, -0.1) is 0 Å². The van der Waals surface area contributed by atoms with E-state index in [0.717, 1.165) is 11.4 Å². The van der Waals surface area contributed by atoms with Crippen molar-refractivity contribution in [1.29, 1.82) is 0 Å². The Morgan fingerprint density at radius 1 is 1.15 bits per heavy atom. The summed E-state index contributed by atoms with van der Waals surface area (Å²) in [6.45, 7) is 1.78. The van der Waals surface area contributed by atoms with Crippen molar-refractivity contribution >= 4 is 34.6 Å². The number of halogens is 2. The van der Waals surface area contributed by atoms with E-state index in [1.54, 1.807) is 20.1 Å². The third-order valence-corrected chi connectivity index (χ3v) is 3.28. The van der Waals surface area contributed by atoms with E-state index in [1.165, 1.54) is 6.07 Å². The van der Waals surface area contributed by atoms with Gasteiger partial charge in [-0.2, -0.15) is 0 Å². The number of hydrogen-bond acceptors (Lipinski definition) is 3. The number of hydrogen-bond donors (Lipinski definition) is 1. The lowest BCUT2D eigenvalue weighted by molar-refractivity contribution is 0.415. The van der Waals surface area contributed by atoms with Crippen LogP contribution in [-0.4, -0.2) is 17.9 Å². The number of ether oxygens (including phenoxy) is 1. The Balaban J connectivity index is 2.39. The minimum atomic E-state index is 0.0114. The van der Waals surface area contributed by atoms with Gasteiger partial charge in [0.2, 0.25) is 0 Å². The number of phenolic OH excluding ortho intramolecular Hbond substituents is 1. The predicted octanol–water partition coefficient (Wildman–Crippen LogP) is 4.85. The minimum absolute atomic E-state index is 0.0114. The van der Waals surface area contributed by atoms with Crippen molar-refractivity contribution in [3.8, 4) is 11.5 Å². The van der Waals surface area contributed by atoms with Crippen LogP contribution in [0.15, 0.2) is 41.4 Å². The molecule has 0 atom stereocenters. The molecular weight excluding hydrogens is 297 g/mol. The van der Waals surface area contributed by atoms with Crippen molar-refractivity contribution in [2.45, 2.75) is 6.92 Å². The highest BCUT2D eigenvalue weighted by atomic mass is 35.5. The Labute approximate surface area is 127 Å². The highest BCUT2D eigenvalue weighted by Gasteiger charge is 2.11. The molecule has 2 rings (SSSR count). The largest absolute Gasteiger partial charge is 0.507 e. The fraction of sp³-hybridized carbons (Fsp3) is 0.133. The van der Waals surface area contributed by atoms with Gasteiger partial charge < -0.3 is 9.84 Å². The molecule has 1 N–H and O–H groups in total. The summed E-state index contributed by atoms with van der Waals surface area (Å²) < 4.78 is 5.09. The van der Waals surface area contributed by atoms with E-state index in [4.69, 9.17) is 27.9 Å². The van der Waals surface area contributed by atoms with Gasteiger partial charge in [-0.3, -0.25) is 4.99 Å². The van der Waals surface area contributed by atoms with E-state index < -0.39 is 0 Å². The third kappa shape index (κ3) is 3.24. The summed E-state index contributed by atoms with van der Waals surface area (Å²) in [6.07, 6.45) is 0. The van der Waals surface area contributed by atoms with E-state index in [9.17, 15) is 5.11 Å². The lowest BCUT2D eigenvalue weighted by atomic mass is 10.1. The average Bonchev–Trinajstić information content (AvgIpc) is 2.38. The molecule has 0 heterocycles. The Morgan fingerprint density at radius 3 is 2.35 bits per heavy atom. The molecule has 0 spiro atoms. The highest BCUT2D eigenvalue weighted by Crippen LogP contribution is 2.31. The standard InChI is InChI=1S/C15H13Cl2NO2/c1-9(15-13(17)7-10(16)8-14(15)19)18-11-3-5-12(20-2)6-4-11/h3-8,19H,1-2H3. The Kier molecular flexibility index (Phi) is 4.53. The first kappa shape index (κ1) is 14.7. The molecule has 0 radical (unpaired) electrons. The topological polar surface area (TPSA) is 41.8 Å². The summed E-state index contributed by atoms with van der Waals surface area (Å²) in [5.74, 6) is 0.770.